The zero-order valence-electron chi connectivity index (χ0n) is 24.0. The van der Waals surface area contributed by atoms with Crippen LogP contribution in [0.25, 0.3) is 0 Å². The Balaban J connectivity index is 1.32. The van der Waals surface area contributed by atoms with Crippen molar-refractivity contribution in [2.45, 2.75) is 32.2 Å². The van der Waals surface area contributed by atoms with Crippen molar-refractivity contribution >= 4 is 17.8 Å². The summed E-state index contributed by atoms with van der Waals surface area (Å²) in [6.07, 6.45) is -0.0498. The molecule has 0 spiro atoms. The quantitative estimate of drug-likeness (QED) is 0.361. The summed E-state index contributed by atoms with van der Waals surface area (Å²) < 4.78 is 19.4. The first-order valence-electron chi connectivity index (χ1n) is 14.4. The van der Waals surface area contributed by atoms with Gasteiger partial charge in [-0.3, -0.25) is 14.5 Å². The van der Waals surface area contributed by atoms with E-state index in [1.54, 1.807) is 30.9 Å². The average molecular weight is 570 g/mol. The molecule has 0 N–H and O–H groups in total. The molecular weight excluding hydrogens is 533 g/mol. The Kier molecular flexibility index (Phi) is 9.12. The van der Waals surface area contributed by atoms with Crippen molar-refractivity contribution in [1.29, 1.82) is 0 Å². The van der Waals surface area contributed by atoms with Crippen LogP contribution in [0.15, 0.2) is 96.2 Å². The minimum atomic E-state index is -0.643. The van der Waals surface area contributed by atoms with E-state index >= 15 is 0 Å². The van der Waals surface area contributed by atoms with Gasteiger partial charge in [0.05, 0.1) is 18.2 Å². The summed E-state index contributed by atoms with van der Waals surface area (Å²) in [5.41, 5.74) is 3.58. The Hall–Kier alpha value is -4.30. The highest BCUT2D eigenvalue weighted by molar-refractivity contribution is 5.97. The van der Waals surface area contributed by atoms with Gasteiger partial charge in [-0.15, -0.1) is 0 Å². The molecule has 0 aliphatic carbocycles. The lowest BCUT2D eigenvalue weighted by molar-refractivity contribution is -0.143. The summed E-state index contributed by atoms with van der Waals surface area (Å²) in [5.74, 6) is -2.11. The Morgan fingerprint density at radius 2 is 1.52 bits per heavy atom. The topological polar surface area (TPSA) is 70.2 Å². The maximum atomic E-state index is 14.0. The smallest absolute Gasteiger partial charge is 0.336 e. The van der Waals surface area contributed by atoms with Crippen molar-refractivity contribution in [2.24, 2.45) is 0 Å². The zero-order chi connectivity index (χ0) is 29.6. The number of hydrogen-bond donors (Lipinski definition) is 0. The van der Waals surface area contributed by atoms with E-state index < -0.39 is 17.7 Å². The molecule has 7 nitrogen and oxygen atoms in total. The number of allylic oxidation sites excluding steroid dienone is 1. The fourth-order valence-corrected chi connectivity index (χ4v) is 6.03. The number of hydrogen-bond acceptors (Lipinski definition) is 5. The van der Waals surface area contributed by atoms with Gasteiger partial charge in [0, 0.05) is 44.2 Å². The molecule has 8 heteroatoms. The Labute approximate surface area is 246 Å². The van der Waals surface area contributed by atoms with Gasteiger partial charge in [0.1, 0.15) is 12.4 Å². The van der Waals surface area contributed by atoms with Gasteiger partial charge < -0.3 is 14.5 Å². The first-order valence-corrected chi connectivity index (χ1v) is 14.4. The van der Waals surface area contributed by atoms with Crippen molar-refractivity contribution in [3.63, 3.8) is 0 Å². The highest BCUT2D eigenvalue weighted by Gasteiger charge is 2.38. The Morgan fingerprint density at radius 1 is 0.905 bits per heavy atom. The standard InChI is InChI=1S/C34H36FN3O4/c1-3-42-34(41)32-24(2)38(30(39)22-29(32)27-15-10-16-28(35)21-27)23-31(40)36-17-19-37(20-18-36)33(25-11-6-4-7-12-25)26-13-8-5-9-14-26/h4-16,21,29,33H,3,17-20,22-23H2,1-2H3. The van der Waals surface area contributed by atoms with Gasteiger partial charge in [-0.25, -0.2) is 9.18 Å². The highest BCUT2D eigenvalue weighted by Crippen LogP contribution is 2.37. The third kappa shape index (κ3) is 6.29. The molecule has 2 aliphatic heterocycles. The molecular formula is C34H36FN3O4. The second kappa shape index (κ2) is 13.1. The molecule has 5 rings (SSSR count). The minimum Gasteiger partial charge on any atom is -0.463 e. The number of halogens is 1. The van der Waals surface area contributed by atoms with Crippen LogP contribution < -0.4 is 0 Å². The highest BCUT2D eigenvalue weighted by atomic mass is 19.1. The average Bonchev–Trinajstić information content (AvgIpc) is 3.00. The SMILES string of the molecule is CCOC(=O)C1=C(C)N(CC(=O)N2CCN(C(c3ccccc3)c3ccccc3)CC2)C(=O)CC1c1cccc(F)c1. The van der Waals surface area contributed by atoms with Gasteiger partial charge in [0.2, 0.25) is 11.8 Å². The molecule has 42 heavy (non-hydrogen) atoms. The second-order valence-electron chi connectivity index (χ2n) is 10.7. The number of esters is 1. The van der Waals surface area contributed by atoms with Crippen molar-refractivity contribution < 1.29 is 23.5 Å². The number of rotatable bonds is 8. The Morgan fingerprint density at radius 3 is 2.10 bits per heavy atom. The van der Waals surface area contributed by atoms with E-state index in [1.807, 2.05) is 36.4 Å². The van der Waals surface area contributed by atoms with E-state index in [9.17, 15) is 18.8 Å². The molecule has 1 saturated heterocycles. The van der Waals surface area contributed by atoms with E-state index in [-0.39, 0.29) is 43.0 Å². The molecule has 1 unspecified atom stereocenters. The third-order valence-electron chi connectivity index (χ3n) is 8.13. The number of carbonyl (C=O) groups is 3. The van der Waals surface area contributed by atoms with Crippen molar-refractivity contribution in [3.05, 3.63) is 119 Å². The van der Waals surface area contributed by atoms with Gasteiger partial charge in [-0.1, -0.05) is 72.8 Å². The molecule has 2 amide bonds. The number of nitrogens with zero attached hydrogens (tertiary/aromatic N) is 3. The lowest BCUT2D eigenvalue weighted by Crippen LogP contribution is -2.53. The van der Waals surface area contributed by atoms with Crippen LogP contribution in [0, 0.1) is 5.82 Å². The van der Waals surface area contributed by atoms with Crippen LogP contribution in [0.1, 0.15) is 48.9 Å². The molecule has 0 radical (unpaired) electrons. The summed E-state index contributed by atoms with van der Waals surface area (Å²) in [6, 6.07) is 26.7. The van der Waals surface area contributed by atoms with Crippen LogP contribution >= 0.6 is 0 Å². The van der Waals surface area contributed by atoms with E-state index in [4.69, 9.17) is 4.74 Å². The lowest BCUT2D eigenvalue weighted by Gasteiger charge is -2.41. The maximum absolute atomic E-state index is 14.0. The van der Waals surface area contributed by atoms with E-state index in [1.165, 1.54) is 28.2 Å². The van der Waals surface area contributed by atoms with Crippen LogP contribution in [0.2, 0.25) is 0 Å². The number of carbonyl (C=O) groups excluding carboxylic acids is 3. The molecule has 3 aromatic carbocycles. The number of piperazine rings is 1. The first kappa shape index (κ1) is 29.2. The number of amides is 2. The van der Waals surface area contributed by atoms with E-state index in [0.717, 1.165) is 0 Å². The molecule has 218 valence electrons. The zero-order valence-corrected chi connectivity index (χ0v) is 24.0. The minimum absolute atomic E-state index is 0.0498. The third-order valence-corrected chi connectivity index (χ3v) is 8.13. The first-order chi connectivity index (χ1) is 20.4. The number of benzene rings is 3. The largest absolute Gasteiger partial charge is 0.463 e. The molecule has 2 aliphatic rings. The molecule has 0 saturated carbocycles. The van der Waals surface area contributed by atoms with Crippen molar-refractivity contribution in [2.75, 3.05) is 39.3 Å². The van der Waals surface area contributed by atoms with E-state index in [0.29, 0.717) is 37.4 Å². The van der Waals surface area contributed by atoms with Gasteiger partial charge in [-0.2, -0.15) is 0 Å². The maximum Gasteiger partial charge on any atom is 0.336 e. The molecule has 3 aromatic rings. The summed E-state index contributed by atoms with van der Waals surface area (Å²) >= 11 is 0. The van der Waals surface area contributed by atoms with Crippen LogP contribution in [-0.2, 0) is 19.1 Å². The predicted molar refractivity (Wildman–Crippen MR) is 158 cm³/mol. The fraction of sp³-hybridized carbons (Fsp3) is 0.324. The molecule has 0 aromatic heterocycles. The van der Waals surface area contributed by atoms with Crippen molar-refractivity contribution in [1.82, 2.24) is 14.7 Å². The van der Waals surface area contributed by atoms with Crippen LogP contribution in [0.5, 0.6) is 0 Å². The summed E-state index contributed by atoms with van der Waals surface area (Å²) in [6.45, 7) is 5.77. The van der Waals surface area contributed by atoms with Crippen LogP contribution in [0.4, 0.5) is 4.39 Å². The summed E-state index contributed by atoms with van der Waals surface area (Å²) in [5, 5.41) is 0. The van der Waals surface area contributed by atoms with Crippen molar-refractivity contribution in [3.8, 4) is 0 Å². The molecule has 1 fully saturated rings. The second-order valence-corrected chi connectivity index (χ2v) is 10.7. The predicted octanol–water partition coefficient (Wildman–Crippen LogP) is 4.91. The van der Waals surface area contributed by atoms with Gasteiger partial charge in [-0.05, 0) is 42.7 Å². The normalized spacial score (nSPS) is 18.0. The van der Waals surface area contributed by atoms with Crippen LogP contribution in [0.3, 0.4) is 0 Å². The van der Waals surface area contributed by atoms with Gasteiger partial charge in [0.15, 0.2) is 0 Å². The fourth-order valence-electron chi connectivity index (χ4n) is 6.03. The molecule has 2 heterocycles. The molecule has 0 bridgehead atoms. The van der Waals surface area contributed by atoms with Gasteiger partial charge in [0.25, 0.3) is 0 Å². The van der Waals surface area contributed by atoms with Crippen LogP contribution in [-0.4, -0.2) is 71.8 Å². The lowest BCUT2D eigenvalue weighted by atomic mass is 9.83. The van der Waals surface area contributed by atoms with E-state index in [2.05, 4.69) is 29.2 Å². The summed E-state index contributed by atoms with van der Waals surface area (Å²) in [4.78, 5) is 45.4. The molecule has 1 atom stereocenters. The Bertz CT molecular complexity index is 1410. The summed E-state index contributed by atoms with van der Waals surface area (Å²) in [7, 11) is 0. The van der Waals surface area contributed by atoms with Gasteiger partial charge >= 0.3 is 5.97 Å². The monoisotopic (exact) mass is 569 g/mol. The number of ether oxygens (including phenoxy) is 1.